The summed E-state index contributed by atoms with van der Waals surface area (Å²) in [7, 11) is 1.19. The van der Waals surface area contributed by atoms with E-state index in [-0.39, 0.29) is 12.1 Å². The number of carbonyl (C=O) groups excluding carboxylic acids is 3. The van der Waals surface area contributed by atoms with Crippen LogP contribution in [-0.2, 0) is 20.9 Å². The van der Waals surface area contributed by atoms with E-state index in [1.807, 2.05) is 54.6 Å². The Labute approximate surface area is 251 Å². The van der Waals surface area contributed by atoms with E-state index in [4.69, 9.17) is 14.2 Å². The molecule has 12 heteroatoms. The number of hydrogen-bond donors (Lipinski definition) is 3. The minimum absolute atomic E-state index is 0.212. The van der Waals surface area contributed by atoms with Crippen molar-refractivity contribution in [1.29, 1.82) is 0 Å². The van der Waals surface area contributed by atoms with Crippen LogP contribution in [0.2, 0.25) is 0 Å². The van der Waals surface area contributed by atoms with Crippen molar-refractivity contribution < 1.29 is 28.6 Å². The fraction of sp³-hybridized carbons (Fsp3) is 0.355. The Morgan fingerprint density at radius 3 is 2.30 bits per heavy atom. The van der Waals surface area contributed by atoms with Crippen LogP contribution in [-0.4, -0.2) is 64.8 Å². The molecule has 0 saturated carbocycles. The first-order chi connectivity index (χ1) is 20.4. The molecular weight excluding hydrogens is 552 g/mol. The lowest BCUT2D eigenvalue weighted by molar-refractivity contribution is -0.142. The lowest BCUT2D eigenvalue weighted by atomic mass is 10.1. The van der Waals surface area contributed by atoms with Gasteiger partial charge in [-0.05, 0) is 52.3 Å². The van der Waals surface area contributed by atoms with Gasteiger partial charge in [0, 0.05) is 12.6 Å². The summed E-state index contributed by atoms with van der Waals surface area (Å²) in [5.41, 5.74) is 2.10. The minimum Gasteiger partial charge on any atom is -0.473 e. The molecule has 2 heterocycles. The number of pyridine rings is 1. The Morgan fingerprint density at radius 2 is 1.65 bits per heavy atom. The molecule has 43 heavy (non-hydrogen) atoms. The van der Waals surface area contributed by atoms with Crippen molar-refractivity contribution in [2.24, 2.45) is 0 Å². The van der Waals surface area contributed by atoms with E-state index in [9.17, 15) is 14.4 Å². The first kappa shape index (κ1) is 32.5. The highest BCUT2D eigenvalue weighted by molar-refractivity contribution is 5.98. The molecule has 0 bridgehead atoms. The first-order valence-corrected chi connectivity index (χ1v) is 13.7. The van der Waals surface area contributed by atoms with E-state index >= 15 is 0 Å². The molecular formula is C31H38N6O6. The number of esters is 1. The summed E-state index contributed by atoms with van der Waals surface area (Å²) in [5, 5.41) is 8.16. The van der Waals surface area contributed by atoms with Crippen molar-refractivity contribution in [3.63, 3.8) is 0 Å². The topological polar surface area (TPSA) is 154 Å². The van der Waals surface area contributed by atoms with E-state index < -0.39 is 29.6 Å². The molecule has 2 amide bonds. The lowest BCUT2D eigenvalue weighted by Crippen LogP contribution is -2.50. The fourth-order valence-electron chi connectivity index (χ4n) is 3.85. The number of aromatic nitrogens is 3. The summed E-state index contributed by atoms with van der Waals surface area (Å²) in [5.74, 6) is -0.450. The summed E-state index contributed by atoms with van der Waals surface area (Å²) >= 11 is 0. The van der Waals surface area contributed by atoms with E-state index in [0.717, 1.165) is 11.3 Å². The number of ether oxygens (including phenoxy) is 3. The lowest BCUT2D eigenvalue weighted by Gasteiger charge is -2.22. The van der Waals surface area contributed by atoms with E-state index in [0.29, 0.717) is 36.4 Å². The fourth-order valence-corrected chi connectivity index (χ4v) is 3.85. The van der Waals surface area contributed by atoms with E-state index in [1.165, 1.54) is 7.11 Å². The van der Waals surface area contributed by atoms with Crippen LogP contribution >= 0.6 is 0 Å². The number of alkyl carbamates (subject to hydrolysis) is 1. The van der Waals surface area contributed by atoms with Crippen LogP contribution in [0.1, 0.15) is 53.8 Å². The maximum Gasteiger partial charge on any atom is 0.407 e. The molecule has 3 rings (SSSR count). The van der Waals surface area contributed by atoms with Gasteiger partial charge in [-0.1, -0.05) is 42.5 Å². The number of nitrogens with zero attached hydrogens (tertiary/aromatic N) is 3. The Hall–Kier alpha value is -5.00. The van der Waals surface area contributed by atoms with Crippen molar-refractivity contribution in [3.8, 4) is 5.88 Å². The molecule has 3 aromatic rings. The molecule has 1 unspecified atom stereocenters. The number of amides is 2. The van der Waals surface area contributed by atoms with E-state index in [2.05, 4.69) is 30.9 Å². The van der Waals surface area contributed by atoms with Gasteiger partial charge in [0.05, 0.1) is 36.3 Å². The molecule has 0 spiro atoms. The van der Waals surface area contributed by atoms with Crippen molar-refractivity contribution >= 4 is 30.0 Å². The van der Waals surface area contributed by atoms with Gasteiger partial charge in [0.25, 0.3) is 5.91 Å². The summed E-state index contributed by atoms with van der Waals surface area (Å²) < 4.78 is 15.8. The maximum absolute atomic E-state index is 13.1. The van der Waals surface area contributed by atoms with Crippen molar-refractivity contribution in [2.45, 2.75) is 52.9 Å². The van der Waals surface area contributed by atoms with Gasteiger partial charge in [-0.15, -0.1) is 0 Å². The van der Waals surface area contributed by atoms with Crippen LogP contribution < -0.4 is 20.7 Å². The van der Waals surface area contributed by atoms with Crippen LogP contribution in [0.4, 0.5) is 10.7 Å². The zero-order valence-electron chi connectivity index (χ0n) is 25.3. The molecule has 0 aliphatic rings. The molecule has 0 aliphatic heterocycles. The van der Waals surface area contributed by atoms with Crippen molar-refractivity contribution in [2.75, 3.05) is 25.5 Å². The van der Waals surface area contributed by atoms with Crippen LogP contribution in [0.5, 0.6) is 5.88 Å². The predicted octanol–water partition coefficient (Wildman–Crippen LogP) is 3.99. The summed E-state index contributed by atoms with van der Waals surface area (Å²) in [6.07, 6.45) is 2.99. The summed E-state index contributed by atoms with van der Waals surface area (Å²) in [4.78, 5) is 50.7. The van der Waals surface area contributed by atoms with Crippen molar-refractivity contribution in [1.82, 2.24) is 25.6 Å². The quantitative estimate of drug-likeness (QED) is 0.264. The third-order valence-corrected chi connectivity index (χ3v) is 5.78. The zero-order chi connectivity index (χ0) is 31.4. The van der Waals surface area contributed by atoms with Gasteiger partial charge in [0.1, 0.15) is 18.2 Å². The minimum atomic E-state index is -1.15. The van der Waals surface area contributed by atoms with Gasteiger partial charge >= 0.3 is 12.1 Å². The number of carbonyl (C=O) groups is 3. The van der Waals surface area contributed by atoms with Gasteiger partial charge in [-0.3, -0.25) is 4.79 Å². The van der Waals surface area contributed by atoms with Gasteiger partial charge in [0.15, 0.2) is 0 Å². The average molecular weight is 591 g/mol. The molecule has 0 saturated heterocycles. The molecule has 0 aliphatic carbocycles. The second-order valence-corrected chi connectivity index (χ2v) is 10.5. The molecule has 1 aromatic carbocycles. The molecule has 1 atom stereocenters. The number of rotatable bonds is 12. The molecule has 3 N–H and O–H groups in total. The standard InChI is InChI=1S/C31H38N6O6/c1-20-26(27(38)37-24(28(39)41-6)18-33-30(40)43-31(3,4)5)21(2)35-29(34-20)32-17-11-15-23-14-10-16-25(36-23)42-19-22-12-8-7-9-13-22/h7-16,24H,17-19H2,1-6H3,(H,33,40)(H,37,38)(H,32,34,35). The van der Waals surface area contributed by atoms with Crippen LogP contribution in [0.3, 0.4) is 0 Å². The highest BCUT2D eigenvalue weighted by atomic mass is 16.6. The number of nitrogens with one attached hydrogen (secondary N) is 3. The molecule has 2 aromatic heterocycles. The second-order valence-electron chi connectivity index (χ2n) is 10.5. The SMILES string of the molecule is COC(=O)C(CNC(=O)OC(C)(C)C)NC(=O)c1c(C)nc(NCC=Cc2cccc(OCc3ccccc3)n2)nc1C. The van der Waals surface area contributed by atoms with Gasteiger partial charge in [-0.25, -0.2) is 24.5 Å². The number of benzene rings is 1. The third kappa shape index (κ3) is 10.7. The highest BCUT2D eigenvalue weighted by Gasteiger charge is 2.26. The molecule has 12 nitrogen and oxygen atoms in total. The monoisotopic (exact) mass is 590 g/mol. The largest absolute Gasteiger partial charge is 0.473 e. The zero-order valence-corrected chi connectivity index (χ0v) is 25.3. The van der Waals surface area contributed by atoms with Crippen LogP contribution in [0.15, 0.2) is 54.6 Å². The van der Waals surface area contributed by atoms with Gasteiger partial charge in [0.2, 0.25) is 11.8 Å². The third-order valence-electron chi connectivity index (χ3n) is 5.78. The Balaban J connectivity index is 1.57. The maximum atomic E-state index is 13.1. The van der Waals surface area contributed by atoms with E-state index in [1.54, 1.807) is 40.7 Å². The normalized spacial score (nSPS) is 11.9. The molecule has 0 fully saturated rings. The second kappa shape index (κ2) is 15.3. The number of anilines is 1. The average Bonchev–Trinajstić information content (AvgIpc) is 2.95. The number of aryl methyl sites for hydroxylation is 2. The predicted molar refractivity (Wildman–Crippen MR) is 162 cm³/mol. The van der Waals surface area contributed by atoms with Gasteiger partial charge < -0.3 is 30.2 Å². The van der Waals surface area contributed by atoms with Gasteiger partial charge in [-0.2, -0.15) is 0 Å². The number of hydrogen-bond acceptors (Lipinski definition) is 10. The molecule has 0 radical (unpaired) electrons. The first-order valence-electron chi connectivity index (χ1n) is 13.7. The number of methoxy groups -OCH3 is 1. The van der Waals surface area contributed by atoms with Crippen molar-refractivity contribution in [3.05, 3.63) is 82.8 Å². The van der Waals surface area contributed by atoms with Crippen LogP contribution in [0.25, 0.3) is 6.08 Å². The summed E-state index contributed by atoms with van der Waals surface area (Å²) in [6.45, 7) is 9.09. The Kier molecular flexibility index (Phi) is 11.6. The smallest absolute Gasteiger partial charge is 0.407 e. The Bertz CT molecular complexity index is 1420. The summed E-state index contributed by atoms with van der Waals surface area (Å²) in [6, 6.07) is 14.3. The Morgan fingerprint density at radius 1 is 0.953 bits per heavy atom. The van der Waals surface area contributed by atoms with Crippen LogP contribution in [0, 0.1) is 13.8 Å². The highest BCUT2D eigenvalue weighted by Crippen LogP contribution is 2.14. The molecule has 228 valence electrons.